The number of carbonyl (C=O) groups is 1. The Kier molecular flexibility index (Phi) is 5.03. The molecule has 8 heteroatoms. The number of aromatic nitrogens is 1. The fraction of sp³-hybridized carbons (Fsp3) is 0.200. The Morgan fingerprint density at radius 1 is 1.14 bits per heavy atom. The summed E-state index contributed by atoms with van der Waals surface area (Å²) in [5.74, 6) is 2.40. The number of methoxy groups -OCH3 is 2. The van der Waals surface area contributed by atoms with Crippen molar-refractivity contribution < 1.29 is 23.7 Å². The van der Waals surface area contributed by atoms with Gasteiger partial charge in [0, 0.05) is 29.8 Å². The molecule has 1 aromatic heterocycles. The van der Waals surface area contributed by atoms with E-state index in [1.54, 1.807) is 32.4 Å². The maximum absolute atomic E-state index is 12.3. The van der Waals surface area contributed by atoms with Gasteiger partial charge >= 0.3 is 0 Å². The molecule has 3 aromatic rings. The van der Waals surface area contributed by atoms with Crippen molar-refractivity contribution in [3.05, 3.63) is 42.0 Å². The SMILES string of the molecule is COc1ccc(/C=C/C(=O)Nc2nc3cc4c(cc3s2)OCCO4)c(OC)c1. The summed E-state index contributed by atoms with van der Waals surface area (Å²) in [6, 6.07) is 9.10. The Hall–Kier alpha value is -3.26. The fourth-order valence-electron chi connectivity index (χ4n) is 2.79. The van der Waals surface area contributed by atoms with E-state index >= 15 is 0 Å². The van der Waals surface area contributed by atoms with Crippen LogP contribution in [0.2, 0.25) is 0 Å². The third-order valence-electron chi connectivity index (χ3n) is 4.14. The number of thiazole rings is 1. The average molecular weight is 398 g/mol. The summed E-state index contributed by atoms with van der Waals surface area (Å²) in [7, 11) is 3.16. The predicted octanol–water partition coefficient (Wildman–Crippen LogP) is 3.74. The average Bonchev–Trinajstić information content (AvgIpc) is 3.11. The van der Waals surface area contributed by atoms with Crippen molar-refractivity contribution in [3.63, 3.8) is 0 Å². The summed E-state index contributed by atoms with van der Waals surface area (Å²) in [5, 5.41) is 3.29. The van der Waals surface area contributed by atoms with Gasteiger partial charge in [-0.3, -0.25) is 10.1 Å². The van der Waals surface area contributed by atoms with Gasteiger partial charge in [0.2, 0.25) is 5.91 Å². The van der Waals surface area contributed by atoms with Gasteiger partial charge in [0.25, 0.3) is 0 Å². The molecule has 1 aliphatic heterocycles. The van der Waals surface area contributed by atoms with E-state index in [2.05, 4.69) is 10.3 Å². The number of benzene rings is 2. The van der Waals surface area contributed by atoms with Gasteiger partial charge in [-0.05, 0) is 18.2 Å². The Bertz CT molecular complexity index is 1020. The number of nitrogens with one attached hydrogen (secondary N) is 1. The molecule has 0 fully saturated rings. The number of hydrogen-bond donors (Lipinski definition) is 1. The Morgan fingerprint density at radius 3 is 2.68 bits per heavy atom. The van der Waals surface area contributed by atoms with Crippen molar-refractivity contribution in [2.45, 2.75) is 0 Å². The summed E-state index contributed by atoms with van der Waals surface area (Å²) in [4.78, 5) is 16.7. The number of nitrogens with zero attached hydrogens (tertiary/aromatic N) is 1. The normalized spacial score (nSPS) is 12.9. The first-order valence-electron chi connectivity index (χ1n) is 8.57. The number of hydrogen-bond acceptors (Lipinski definition) is 7. The van der Waals surface area contributed by atoms with E-state index in [9.17, 15) is 4.79 Å². The van der Waals surface area contributed by atoms with Gasteiger partial charge in [-0.1, -0.05) is 11.3 Å². The maximum Gasteiger partial charge on any atom is 0.250 e. The Labute approximate surface area is 165 Å². The van der Waals surface area contributed by atoms with Gasteiger partial charge in [-0.15, -0.1) is 0 Å². The molecule has 0 bridgehead atoms. The van der Waals surface area contributed by atoms with E-state index in [1.165, 1.54) is 17.4 Å². The Balaban J connectivity index is 1.50. The van der Waals surface area contributed by atoms with Gasteiger partial charge in [-0.25, -0.2) is 4.98 Å². The van der Waals surface area contributed by atoms with E-state index < -0.39 is 0 Å². The number of ether oxygens (including phenoxy) is 4. The molecule has 0 unspecified atom stereocenters. The monoisotopic (exact) mass is 398 g/mol. The molecule has 0 radical (unpaired) electrons. The zero-order chi connectivity index (χ0) is 19.5. The van der Waals surface area contributed by atoms with Crippen molar-refractivity contribution >= 4 is 38.7 Å². The Morgan fingerprint density at radius 2 is 1.93 bits per heavy atom. The van der Waals surface area contributed by atoms with E-state index in [0.29, 0.717) is 41.3 Å². The second-order valence-electron chi connectivity index (χ2n) is 5.91. The summed E-state index contributed by atoms with van der Waals surface area (Å²) in [6.45, 7) is 1.05. The van der Waals surface area contributed by atoms with Gasteiger partial charge in [0.1, 0.15) is 24.7 Å². The van der Waals surface area contributed by atoms with E-state index in [4.69, 9.17) is 18.9 Å². The van der Waals surface area contributed by atoms with Crippen LogP contribution in [0.15, 0.2) is 36.4 Å². The van der Waals surface area contributed by atoms with Gasteiger partial charge in [0.05, 0.1) is 24.4 Å². The van der Waals surface area contributed by atoms with Crippen LogP contribution in [0.3, 0.4) is 0 Å². The zero-order valence-corrected chi connectivity index (χ0v) is 16.2. The van der Waals surface area contributed by atoms with E-state index in [0.717, 1.165) is 15.8 Å². The lowest BCUT2D eigenvalue weighted by atomic mass is 10.1. The van der Waals surface area contributed by atoms with E-state index in [-0.39, 0.29) is 5.91 Å². The highest BCUT2D eigenvalue weighted by Crippen LogP contribution is 2.37. The van der Waals surface area contributed by atoms with Crippen molar-refractivity contribution in [2.24, 2.45) is 0 Å². The quantitative estimate of drug-likeness (QED) is 0.660. The van der Waals surface area contributed by atoms with Gasteiger partial charge < -0.3 is 18.9 Å². The third kappa shape index (κ3) is 3.72. The zero-order valence-electron chi connectivity index (χ0n) is 15.4. The molecule has 28 heavy (non-hydrogen) atoms. The molecule has 2 aromatic carbocycles. The van der Waals surface area contributed by atoms with Crippen molar-refractivity contribution in [3.8, 4) is 23.0 Å². The lowest BCUT2D eigenvalue weighted by Gasteiger charge is -2.17. The minimum atomic E-state index is -0.283. The van der Waals surface area contributed by atoms with Crippen LogP contribution >= 0.6 is 11.3 Å². The molecular weight excluding hydrogens is 380 g/mol. The molecule has 0 spiro atoms. The molecule has 2 heterocycles. The number of anilines is 1. The van der Waals surface area contributed by atoms with Gasteiger partial charge in [-0.2, -0.15) is 0 Å². The van der Waals surface area contributed by atoms with Crippen molar-refractivity contribution in [1.29, 1.82) is 0 Å². The van der Waals surface area contributed by atoms with Crippen LogP contribution in [0.4, 0.5) is 5.13 Å². The molecule has 1 N–H and O–H groups in total. The van der Waals surface area contributed by atoms with Crippen LogP contribution in [0.1, 0.15) is 5.56 Å². The lowest BCUT2D eigenvalue weighted by molar-refractivity contribution is -0.111. The minimum Gasteiger partial charge on any atom is -0.497 e. The topological polar surface area (TPSA) is 78.9 Å². The van der Waals surface area contributed by atoms with Crippen molar-refractivity contribution in [2.75, 3.05) is 32.8 Å². The highest BCUT2D eigenvalue weighted by atomic mass is 32.1. The first kappa shape index (κ1) is 18.1. The summed E-state index contributed by atoms with van der Waals surface area (Å²) < 4.78 is 22.6. The fourth-order valence-corrected chi connectivity index (χ4v) is 3.67. The minimum absolute atomic E-state index is 0.283. The van der Waals surface area contributed by atoms with Crippen LogP contribution in [0.25, 0.3) is 16.3 Å². The highest BCUT2D eigenvalue weighted by Gasteiger charge is 2.15. The molecular formula is C20H18N2O5S. The first-order valence-corrected chi connectivity index (χ1v) is 9.39. The van der Waals surface area contributed by atoms with Crippen LogP contribution in [0.5, 0.6) is 23.0 Å². The predicted molar refractivity (Wildman–Crippen MR) is 108 cm³/mol. The third-order valence-corrected chi connectivity index (χ3v) is 5.07. The largest absolute Gasteiger partial charge is 0.497 e. The summed E-state index contributed by atoms with van der Waals surface area (Å²) in [5.41, 5.74) is 1.52. The molecule has 0 saturated carbocycles. The van der Waals surface area contributed by atoms with Crippen LogP contribution in [-0.4, -0.2) is 38.3 Å². The van der Waals surface area contributed by atoms with Crippen LogP contribution in [-0.2, 0) is 4.79 Å². The number of fused-ring (bicyclic) bond motifs is 2. The van der Waals surface area contributed by atoms with Crippen LogP contribution < -0.4 is 24.3 Å². The summed E-state index contributed by atoms with van der Waals surface area (Å²) >= 11 is 1.38. The molecule has 7 nitrogen and oxygen atoms in total. The molecule has 0 aliphatic carbocycles. The first-order chi connectivity index (χ1) is 13.7. The number of rotatable bonds is 5. The smallest absolute Gasteiger partial charge is 0.250 e. The van der Waals surface area contributed by atoms with Crippen molar-refractivity contribution in [1.82, 2.24) is 4.98 Å². The molecule has 144 valence electrons. The molecule has 1 aliphatic rings. The summed E-state index contributed by atoms with van der Waals surface area (Å²) in [6.07, 6.45) is 3.12. The van der Waals surface area contributed by atoms with Crippen LogP contribution in [0, 0.1) is 0 Å². The lowest BCUT2D eigenvalue weighted by Crippen LogP contribution is -2.15. The molecule has 0 saturated heterocycles. The highest BCUT2D eigenvalue weighted by molar-refractivity contribution is 7.22. The number of carbonyl (C=O) groups excluding carboxylic acids is 1. The molecule has 1 amide bonds. The molecule has 0 atom stereocenters. The van der Waals surface area contributed by atoms with Gasteiger partial charge in [0.15, 0.2) is 16.6 Å². The second-order valence-corrected chi connectivity index (χ2v) is 6.94. The number of amides is 1. The second kappa shape index (κ2) is 7.77. The maximum atomic E-state index is 12.3. The standard InChI is InChI=1S/C20H18N2O5S/c1-24-13-5-3-12(15(9-13)25-2)4-6-19(23)22-20-21-14-10-16-17(11-18(14)28-20)27-8-7-26-16/h3-6,9-11H,7-8H2,1-2H3,(H,21,22,23)/b6-4+. The molecule has 4 rings (SSSR count). The van der Waals surface area contributed by atoms with E-state index in [1.807, 2.05) is 18.2 Å².